The van der Waals surface area contributed by atoms with Crippen molar-refractivity contribution in [1.29, 1.82) is 0 Å². The van der Waals surface area contributed by atoms with E-state index >= 15 is 0 Å². The van der Waals surface area contributed by atoms with Crippen molar-refractivity contribution in [2.45, 2.75) is 44.8 Å². The Balaban J connectivity index is 1.43. The zero-order chi connectivity index (χ0) is 28.4. The lowest BCUT2D eigenvalue weighted by Gasteiger charge is -2.28. The number of nitrogens with one attached hydrogen (secondary N) is 1. The first-order valence-corrected chi connectivity index (χ1v) is 13.0. The van der Waals surface area contributed by atoms with E-state index in [0.29, 0.717) is 33.9 Å². The summed E-state index contributed by atoms with van der Waals surface area (Å²) >= 11 is 0. The van der Waals surface area contributed by atoms with Gasteiger partial charge >= 0.3 is 6.18 Å². The van der Waals surface area contributed by atoms with Crippen molar-refractivity contribution >= 4 is 28.4 Å². The zero-order valence-electron chi connectivity index (χ0n) is 21.8. The van der Waals surface area contributed by atoms with Crippen molar-refractivity contribution in [1.82, 2.24) is 14.5 Å². The van der Waals surface area contributed by atoms with Crippen LogP contribution in [0.25, 0.3) is 11.0 Å². The highest BCUT2D eigenvalue weighted by atomic mass is 19.4. The summed E-state index contributed by atoms with van der Waals surface area (Å²) in [4.78, 5) is 21.5. The number of aryl methyl sites for hydroxylation is 1. The minimum atomic E-state index is -4.51. The number of amides is 1. The number of hydrogen-bond acceptors (Lipinski definition) is 5. The van der Waals surface area contributed by atoms with Crippen molar-refractivity contribution in [3.8, 4) is 11.8 Å². The van der Waals surface area contributed by atoms with E-state index < -0.39 is 17.6 Å². The molecule has 0 spiro atoms. The molecule has 4 N–H and O–H groups in total. The summed E-state index contributed by atoms with van der Waals surface area (Å²) in [7, 11) is 0. The van der Waals surface area contributed by atoms with E-state index in [4.69, 9.17) is 5.73 Å². The number of nitrogens with zero attached hydrogens (tertiary/aromatic N) is 3. The first kappa shape index (κ1) is 27.2. The van der Waals surface area contributed by atoms with Crippen molar-refractivity contribution in [3.05, 3.63) is 82.8 Å². The Bertz CT molecular complexity index is 1630. The predicted molar refractivity (Wildman–Crippen MR) is 147 cm³/mol. The van der Waals surface area contributed by atoms with Crippen LogP contribution in [-0.4, -0.2) is 32.2 Å². The average molecular weight is 548 g/mol. The summed E-state index contributed by atoms with van der Waals surface area (Å²) in [5, 5.41) is 12.7. The lowest BCUT2D eigenvalue weighted by atomic mass is 9.86. The summed E-state index contributed by atoms with van der Waals surface area (Å²) in [6, 6.07) is 9.65. The highest BCUT2D eigenvalue weighted by Crippen LogP contribution is 2.36. The van der Waals surface area contributed by atoms with E-state index in [1.165, 1.54) is 18.5 Å². The van der Waals surface area contributed by atoms with Gasteiger partial charge in [0.1, 0.15) is 17.8 Å². The van der Waals surface area contributed by atoms with Crippen molar-refractivity contribution in [2.75, 3.05) is 17.7 Å². The van der Waals surface area contributed by atoms with E-state index in [1.54, 1.807) is 18.2 Å². The van der Waals surface area contributed by atoms with Crippen LogP contribution in [0.15, 0.2) is 55.0 Å². The van der Waals surface area contributed by atoms with Crippen LogP contribution in [0, 0.1) is 24.7 Å². The fraction of sp³-hybridized carbons (Fsp3) is 0.300. The number of carbonyl (C=O) groups is 1. The Morgan fingerprint density at radius 2 is 1.85 bits per heavy atom. The fourth-order valence-electron chi connectivity index (χ4n) is 5.10. The number of alkyl halides is 3. The van der Waals surface area contributed by atoms with Gasteiger partial charge in [-0.1, -0.05) is 24.0 Å². The normalized spacial score (nSPS) is 17.3. The third-order valence-electron chi connectivity index (χ3n) is 7.39. The van der Waals surface area contributed by atoms with Crippen LogP contribution in [0.2, 0.25) is 0 Å². The largest absolute Gasteiger partial charge is 0.416 e. The summed E-state index contributed by atoms with van der Waals surface area (Å²) < 4.78 is 41.3. The standard InChI is InChI=1S/C30H28F3N5O2/c1-18-5-8-21(29(40)37-24-4-2-3-23(14-24)30(31,32)33)13-20(18)9-10-22-15-38(25-11-6-19(16-39)7-12-25)28-26(22)27(34)35-17-36-28/h2-5,8,13-15,17,19,25,39H,6-7,11-12,16H2,1H3,(H,37,40)(H2,34,35,36). The van der Waals surface area contributed by atoms with Crippen molar-refractivity contribution in [2.24, 2.45) is 5.92 Å². The molecule has 1 aliphatic rings. The Morgan fingerprint density at radius 1 is 1.10 bits per heavy atom. The molecule has 2 heterocycles. The number of aliphatic hydroxyl groups is 1. The van der Waals surface area contributed by atoms with Gasteiger partial charge in [-0.25, -0.2) is 9.97 Å². The molecule has 0 unspecified atom stereocenters. The van der Waals surface area contributed by atoms with Crippen LogP contribution in [-0.2, 0) is 6.18 Å². The molecule has 2 aromatic carbocycles. The maximum absolute atomic E-state index is 13.1. The monoisotopic (exact) mass is 547 g/mol. The van der Waals surface area contributed by atoms with Gasteiger partial charge in [-0.3, -0.25) is 4.79 Å². The number of benzene rings is 2. The van der Waals surface area contributed by atoms with Crippen LogP contribution in [0.4, 0.5) is 24.7 Å². The molecule has 4 aromatic rings. The number of aliphatic hydroxyl groups excluding tert-OH is 1. The zero-order valence-corrected chi connectivity index (χ0v) is 21.8. The van der Waals surface area contributed by atoms with Gasteiger partial charge in [0.15, 0.2) is 0 Å². The third kappa shape index (κ3) is 5.65. The SMILES string of the molecule is Cc1ccc(C(=O)Nc2cccc(C(F)(F)F)c2)cc1C#Cc1cn(C2CCC(CO)CC2)c2ncnc(N)c12. The fourth-order valence-corrected chi connectivity index (χ4v) is 5.10. The maximum Gasteiger partial charge on any atom is 0.416 e. The van der Waals surface area contributed by atoms with Crippen LogP contribution >= 0.6 is 0 Å². The number of rotatable bonds is 4. The highest BCUT2D eigenvalue weighted by molar-refractivity contribution is 6.04. The van der Waals surface area contributed by atoms with Gasteiger partial charge in [-0.05, 0) is 74.4 Å². The molecule has 10 heteroatoms. The predicted octanol–water partition coefficient (Wildman–Crippen LogP) is 5.72. The number of nitrogen functional groups attached to an aromatic ring is 1. The van der Waals surface area contributed by atoms with Crippen LogP contribution < -0.4 is 11.1 Å². The van der Waals surface area contributed by atoms with Gasteiger partial charge in [-0.15, -0.1) is 0 Å². The molecule has 0 bridgehead atoms. The second-order valence-electron chi connectivity index (χ2n) is 10.1. The van der Waals surface area contributed by atoms with E-state index in [2.05, 4.69) is 31.7 Å². The third-order valence-corrected chi connectivity index (χ3v) is 7.39. The number of anilines is 2. The molecule has 40 heavy (non-hydrogen) atoms. The van der Waals surface area contributed by atoms with E-state index in [1.807, 2.05) is 13.1 Å². The molecular formula is C30H28F3N5O2. The minimum absolute atomic E-state index is 0.0457. The van der Waals surface area contributed by atoms with Gasteiger partial charge in [0.2, 0.25) is 0 Å². The molecule has 7 nitrogen and oxygen atoms in total. The Labute approximate surface area is 229 Å². The molecule has 2 aromatic heterocycles. The van der Waals surface area contributed by atoms with Gasteiger partial charge < -0.3 is 20.7 Å². The van der Waals surface area contributed by atoms with Gasteiger partial charge in [-0.2, -0.15) is 13.2 Å². The van der Waals surface area contributed by atoms with E-state index in [9.17, 15) is 23.1 Å². The maximum atomic E-state index is 13.1. The number of fused-ring (bicyclic) bond motifs is 1. The molecule has 1 saturated carbocycles. The smallest absolute Gasteiger partial charge is 0.396 e. The summed E-state index contributed by atoms with van der Waals surface area (Å²) in [5.74, 6) is 6.40. The van der Waals surface area contributed by atoms with Gasteiger partial charge in [0.05, 0.1) is 16.5 Å². The number of hydrogen-bond donors (Lipinski definition) is 3. The summed E-state index contributed by atoms with van der Waals surface area (Å²) in [6.07, 6.45) is 2.53. The second-order valence-corrected chi connectivity index (χ2v) is 10.1. The quantitative estimate of drug-likeness (QED) is 0.284. The number of halogens is 3. The van der Waals surface area contributed by atoms with Crippen molar-refractivity contribution < 1.29 is 23.1 Å². The topological polar surface area (TPSA) is 106 Å². The molecule has 1 aliphatic carbocycles. The van der Waals surface area contributed by atoms with E-state index in [0.717, 1.165) is 43.4 Å². The molecule has 0 saturated heterocycles. The second kappa shape index (κ2) is 11.0. The van der Waals surface area contributed by atoms with Crippen LogP contribution in [0.1, 0.15) is 64.3 Å². The number of aromatic nitrogens is 3. The molecule has 0 radical (unpaired) electrons. The summed E-state index contributed by atoms with van der Waals surface area (Å²) in [6.45, 7) is 2.06. The molecule has 1 amide bonds. The van der Waals surface area contributed by atoms with Gasteiger partial charge in [0, 0.05) is 35.7 Å². The number of nitrogens with two attached hydrogens (primary N) is 1. The lowest BCUT2D eigenvalue weighted by Crippen LogP contribution is -2.20. The molecule has 206 valence electrons. The Morgan fingerprint density at radius 3 is 2.58 bits per heavy atom. The van der Waals surface area contributed by atoms with E-state index in [-0.39, 0.29) is 23.9 Å². The van der Waals surface area contributed by atoms with Gasteiger partial charge in [0.25, 0.3) is 5.91 Å². The Kier molecular flexibility index (Phi) is 7.50. The summed E-state index contributed by atoms with van der Waals surface area (Å²) in [5.41, 5.74) is 8.49. The molecule has 0 aliphatic heterocycles. The molecule has 0 atom stereocenters. The average Bonchev–Trinajstić information content (AvgIpc) is 3.32. The first-order chi connectivity index (χ1) is 19.1. The minimum Gasteiger partial charge on any atom is -0.396 e. The Hall–Kier alpha value is -4.36. The molecular weight excluding hydrogens is 519 g/mol. The first-order valence-electron chi connectivity index (χ1n) is 13.0. The number of carbonyl (C=O) groups excluding carboxylic acids is 1. The highest BCUT2D eigenvalue weighted by Gasteiger charge is 2.30. The van der Waals surface area contributed by atoms with Crippen molar-refractivity contribution in [3.63, 3.8) is 0 Å². The molecule has 5 rings (SSSR count). The lowest BCUT2D eigenvalue weighted by molar-refractivity contribution is -0.137. The van der Waals surface area contributed by atoms with Crippen LogP contribution in [0.3, 0.4) is 0 Å². The van der Waals surface area contributed by atoms with Crippen LogP contribution in [0.5, 0.6) is 0 Å². The molecule has 1 fully saturated rings.